The van der Waals surface area contributed by atoms with E-state index in [2.05, 4.69) is 246 Å². The molecule has 2 atom stereocenters. The molecule has 0 amide bonds. The Kier molecular flexibility index (Phi) is 38.5. The number of rotatable bonds is 7. The minimum atomic E-state index is -6.06. The number of halogens is 24. The summed E-state index contributed by atoms with van der Waals surface area (Å²) in [5, 5.41) is 1.52. The van der Waals surface area contributed by atoms with E-state index in [0.717, 1.165) is 5.54 Å². The Morgan fingerprint density at radius 2 is 0.796 bits per heavy atom. The maximum absolute atomic E-state index is 10.4. The Morgan fingerprint density at radius 3 is 1.08 bits per heavy atom. The SMILES string of the molecule is C#CC#CC#C.C#CC#CC#[C][Ga]([C]#CC#CC#C)[C]#CC#CC#C.Cc1cc([S+](C2=CCC([Si](C)(C)C)C=C2)c2ccccc2C)ccc1Sc1ccc([Si](C)(C)C)cc1.FC(F)(F)C(F)(F)F.FC(F)(F)C(F)(F)F.FC(F)(F)C(F)(F)F.FC(F)(F)C(F)(F)F.[HH].[HH].[HH].[HH]. The van der Waals surface area contributed by atoms with Gasteiger partial charge in [0.1, 0.15) is 0 Å². The predicted molar refractivity (Wildman–Crippen MR) is 330 cm³/mol. The molecule has 0 saturated carbocycles. The molecular formula is C64H54F24GaS2Si2+. The second-order valence-electron chi connectivity index (χ2n) is 19.0. The second kappa shape index (κ2) is 40.1. The van der Waals surface area contributed by atoms with Crippen LogP contribution in [-0.2, 0) is 10.9 Å². The summed E-state index contributed by atoms with van der Waals surface area (Å²) in [5.74, 6) is 37.6. The molecule has 3 aromatic rings. The van der Waals surface area contributed by atoms with Crippen LogP contribution < -0.4 is 5.19 Å². The zero-order valence-corrected chi connectivity index (χ0v) is 55.3. The molecule has 0 spiro atoms. The fraction of sp³-hybridized carbons (Fsp3) is 0.281. The molecule has 500 valence electrons. The van der Waals surface area contributed by atoms with Gasteiger partial charge < -0.3 is 0 Å². The molecule has 0 radical (unpaired) electrons. The summed E-state index contributed by atoms with van der Waals surface area (Å²) in [7, 11) is -2.54. The van der Waals surface area contributed by atoms with Gasteiger partial charge in [0, 0.05) is 21.1 Å². The summed E-state index contributed by atoms with van der Waals surface area (Å²) in [6, 6.07) is 25.4. The van der Waals surface area contributed by atoms with E-state index in [4.69, 9.17) is 32.1 Å². The summed E-state index contributed by atoms with van der Waals surface area (Å²) in [6.45, 7) is 19.2. The first-order chi connectivity index (χ1) is 42.2. The van der Waals surface area contributed by atoms with Crippen molar-refractivity contribution in [3.8, 4) is 140 Å². The van der Waals surface area contributed by atoms with Gasteiger partial charge in [-0.05, 0) is 104 Å². The molecule has 0 saturated heterocycles. The molecule has 4 rings (SSSR count). The summed E-state index contributed by atoms with van der Waals surface area (Å²) in [5.41, 5.74) is 3.47. The van der Waals surface area contributed by atoms with Crippen LogP contribution in [0.5, 0.6) is 0 Å². The van der Waals surface area contributed by atoms with Gasteiger partial charge in [-0.3, -0.25) is 0 Å². The number of hydrogen-bond acceptors (Lipinski definition) is 1. The van der Waals surface area contributed by atoms with Crippen molar-refractivity contribution in [2.45, 2.75) is 134 Å². The molecule has 3 aromatic carbocycles. The van der Waals surface area contributed by atoms with E-state index in [1.165, 1.54) is 47.2 Å². The van der Waals surface area contributed by atoms with Crippen LogP contribution in [0.4, 0.5) is 105 Å². The molecular weight excluding hydrogens is 1410 g/mol. The average molecular weight is 1470 g/mol. The van der Waals surface area contributed by atoms with Crippen LogP contribution >= 0.6 is 11.8 Å². The number of alkyl halides is 24. The molecule has 0 bridgehead atoms. The summed E-state index contributed by atoms with van der Waals surface area (Å²) >= 11 is -0.565. The molecule has 1 aliphatic rings. The maximum Gasteiger partial charge on any atom is 0.487 e. The number of allylic oxidation sites excluding steroid dienone is 3. The third-order valence-electron chi connectivity index (χ3n) is 9.79. The Balaban J connectivity index is -0.000000223. The first-order valence-electron chi connectivity index (χ1n) is 24.6. The van der Waals surface area contributed by atoms with Gasteiger partial charge >= 0.3 is 169 Å². The Labute approximate surface area is 544 Å². The Hall–Kier alpha value is -8.05. The van der Waals surface area contributed by atoms with E-state index in [-0.39, 0.29) is 16.6 Å². The van der Waals surface area contributed by atoms with E-state index in [1.807, 2.05) is 11.8 Å². The van der Waals surface area contributed by atoms with Crippen molar-refractivity contribution in [2.24, 2.45) is 0 Å². The number of benzene rings is 3. The third kappa shape index (κ3) is 38.5. The second-order valence-corrected chi connectivity index (χ2v) is 36.3. The van der Waals surface area contributed by atoms with Gasteiger partial charge in [-0.2, -0.15) is 105 Å². The van der Waals surface area contributed by atoms with Gasteiger partial charge in [0.15, 0.2) is 14.7 Å². The topological polar surface area (TPSA) is 0 Å². The number of aryl methyl sites for hydroxylation is 2. The maximum atomic E-state index is 10.4. The predicted octanol–water partition coefficient (Wildman–Crippen LogP) is 19.3. The van der Waals surface area contributed by atoms with Crippen LogP contribution in [0.3, 0.4) is 0 Å². The van der Waals surface area contributed by atoms with Crippen LogP contribution in [0.2, 0.25) is 44.8 Å². The summed E-state index contributed by atoms with van der Waals surface area (Å²) in [4.78, 5) is 7.01. The van der Waals surface area contributed by atoms with Gasteiger partial charge in [0.2, 0.25) is 0 Å². The number of terminal acetylenes is 5. The van der Waals surface area contributed by atoms with Gasteiger partial charge in [-0.25, -0.2) is 0 Å². The molecule has 0 aliphatic heterocycles. The molecule has 2 unspecified atom stereocenters. The standard InChI is InChI=1S/C32H41S2Si2.C6H2.3C6H.4C2F6.Ga.4H2/c1-24-11-9-10-12-32(24)34(27-15-20-30(21-16-27)36(6,7)8)28-17-22-31(25(2)23-28)33-26-13-18-29(19-14-26)35(3,4)5;4*1-3-5-6-4-2;4*3-1(4,5)2(6,7)8;;;;;/h9-20,22-23,30H,21H2,1-8H3;1-2H;3*1H;;;;;;4*1H/q+1;;;;;;;;;;;;;. The quantitative estimate of drug-likeness (QED) is 0.0983. The average Bonchev–Trinajstić information content (AvgIpc) is 0.791. The Bertz CT molecular complexity index is 3430. The smallest absolute Gasteiger partial charge is 0.162 e. The largest absolute Gasteiger partial charge is 0.487 e. The first kappa shape index (κ1) is 89.1. The fourth-order valence-corrected chi connectivity index (χ4v) is 13.0. The minimum Gasteiger partial charge on any atom is -0.162 e. The minimum absolute atomic E-state index is 0. The zero-order chi connectivity index (χ0) is 73.1. The molecule has 93 heavy (non-hydrogen) atoms. The molecule has 0 aromatic heterocycles. The van der Waals surface area contributed by atoms with Crippen molar-refractivity contribution in [1.29, 1.82) is 0 Å². The van der Waals surface area contributed by atoms with Crippen LogP contribution in [0.15, 0.2) is 109 Å². The van der Waals surface area contributed by atoms with Crippen molar-refractivity contribution in [3.05, 3.63) is 101 Å². The van der Waals surface area contributed by atoms with Gasteiger partial charge in [0.05, 0.1) is 27.0 Å². The van der Waals surface area contributed by atoms with Crippen LogP contribution in [-0.4, -0.2) is 81.8 Å². The van der Waals surface area contributed by atoms with E-state index in [1.54, 1.807) is 0 Å². The van der Waals surface area contributed by atoms with Crippen molar-refractivity contribution < 1.29 is 111 Å². The summed E-state index contributed by atoms with van der Waals surface area (Å²) in [6.07, 6.45) is -15.5. The van der Waals surface area contributed by atoms with E-state index >= 15 is 0 Å². The third-order valence-corrected chi connectivity index (χ3v) is 20.8. The zero-order valence-electron chi connectivity index (χ0n) is 49.2. The molecule has 29 heteroatoms. The van der Waals surface area contributed by atoms with Gasteiger partial charge in [-0.15, -0.1) is 12.8 Å². The van der Waals surface area contributed by atoms with E-state index in [9.17, 15) is 105 Å². The summed E-state index contributed by atoms with van der Waals surface area (Å²) < 4.78 is 259. The fourth-order valence-electron chi connectivity index (χ4n) is 5.29. The van der Waals surface area contributed by atoms with Gasteiger partial charge in [-0.1, -0.05) is 92.6 Å². The normalized spacial score (nSPS) is 12.6. The van der Waals surface area contributed by atoms with Crippen molar-refractivity contribution >= 4 is 60.2 Å². The van der Waals surface area contributed by atoms with Crippen LogP contribution in [0.25, 0.3) is 0 Å². The molecule has 1 aliphatic carbocycles. The van der Waals surface area contributed by atoms with E-state index in [0.29, 0.717) is 0 Å². The van der Waals surface area contributed by atoms with E-state index < -0.39 is 81.8 Å². The first-order valence-corrected chi connectivity index (χ1v) is 37.4. The number of hydrogen-bond donors (Lipinski definition) is 0. The monoisotopic (exact) mass is 1470 g/mol. The molecule has 0 nitrogen and oxygen atoms in total. The Morgan fingerprint density at radius 1 is 0.452 bits per heavy atom. The van der Waals surface area contributed by atoms with Crippen molar-refractivity contribution in [2.75, 3.05) is 0 Å². The molecule has 0 N–H and O–H groups in total. The van der Waals surface area contributed by atoms with Crippen molar-refractivity contribution in [1.82, 2.24) is 0 Å². The van der Waals surface area contributed by atoms with Crippen LogP contribution in [0, 0.1) is 154 Å². The molecule has 0 fully saturated rings. The van der Waals surface area contributed by atoms with Crippen LogP contribution in [0.1, 0.15) is 23.3 Å². The van der Waals surface area contributed by atoms with Gasteiger partial charge in [0.25, 0.3) is 0 Å². The molecule has 0 heterocycles. The van der Waals surface area contributed by atoms with Crippen molar-refractivity contribution in [3.63, 3.8) is 0 Å².